The highest BCUT2D eigenvalue weighted by Gasteiger charge is 2.29. The fraction of sp³-hybridized carbons (Fsp3) is 0.292. The van der Waals surface area contributed by atoms with Gasteiger partial charge in [-0.2, -0.15) is 13.2 Å². The molecule has 0 aromatic heterocycles. The molecule has 1 N–H and O–H groups in total. The second-order valence-corrected chi connectivity index (χ2v) is 9.26. The molecule has 1 amide bonds. The minimum absolute atomic E-state index is 0.103. The third-order valence-corrected chi connectivity index (χ3v) is 6.47. The molecule has 4 rings (SSSR count). The van der Waals surface area contributed by atoms with Crippen LogP contribution in [0.2, 0.25) is 5.02 Å². The lowest BCUT2D eigenvalue weighted by atomic mass is 10.0. The normalized spacial score (nSPS) is 14.6. The molecule has 0 heterocycles. The average molecular weight is 480 g/mol. The van der Waals surface area contributed by atoms with Crippen LogP contribution < -0.4 is 10.1 Å². The predicted molar refractivity (Wildman–Crippen MR) is 121 cm³/mol. The lowest BCUT2D eigenvalue weighted by Gasteiger charge is -2.18. The summed E-state index contributed by atoms with van der Waals surface area (Å²) in [5, 5.41) is 5.00. The molecule has 1 saturated carbocycles. The molecule has 1 aliphatic rings. The Kier molecular flexibility index (Phi) is 6.86. The van der Waals surface area contributed by atoms with E-state index in [1.54, 1.807) is 18.2 Å². The van der Waals surface area contributed by atoms with Gasteiger partial charge in [-0.3, -0.25) is 4.79 Å². The Morgan fingerprint density at radius 2 is 1.72 bits per heavy atom. The van der Waals surface area contributed by atoms with E-state index < -0.39 is 5.51 Å². The summed E-state index contributed by atoms with van der Waals surface area (Å²) in [6, 6.07) is 15.1. The third kappa shape index (κ3) is 5.51. The van der Waals surface area contributed by atoms with E-state index in [9.17, 15) is 18.0 Å². The van der Waals surface area contributed by atoms with Crippen LogP contribution in [0.4, 0.5) is 13.2 Å². The minimum atomic E-state index is -4.33. The van der Waals surface area contributed by atoms with Gasteiger partial charge in [0, 0.05) is 26.7 Å². The number of thioether (sulfide) groups is 1. The molecule has 0 radical (unpaired) electrons. The molecule has 0 atom stereocenters. The first kappa shape index (κ1) is 22.8. The van der Waals surface area contributed by atoms with Crippen molar-refractivity contribution in [2.45, 2.75) is 48.7 Å². The molecule has 3 aromatic carbocycles. The minimum Gasteiger partial charge on any atom is -0.487 e. The summed E-state index contributed by atoms with van der Waals surface area (Å²) in [5.41, 5.74) is -3.29. The van der Waals surface area contributed by atoms with Crippen LogP contribution in [0, 0.1) is 0 Å². The molecule has 32 heavy (non-hydrogen) atoms. The maximum atomic E-state index is 13.0. The van der Waals surface area contributed by atoms with Gasteiger partial charge in [0.05, 0.1) is 5.56 Å². The second-order valence-electron chi connectivity index (χ2n) is 7.72. The average Bonchev–Trinajstić information content (AvgIpc) is 3.26. The van der Waals surface area contributed by atoms with Crippen molar-refractivity contribution < 1.29 is 22.7 Å². The van der Waals surface area contributed by atoms with Gasteiger partial charge >= 0.3 is 5.51 Å². The van der Waals surface area contributed by atoms with Crippen molar-refractivity contribution in [1.29, 1.82) is 0 Å². The van der Waals surface area contributed by atoms with Gasteiger partial charge < -0.3 is 10.1 Å². The lowest BCUT2D eigenvalue weighted by Crippen LogP contribution is -2.32. The largest absolute Gasteiger partial charge is 0.487 e. The monoisotopic (exact) mass is 479 g/mol. The van der Waals surface area contributed by atoms with Gasteiger partial charge in [0.2, 0.25) is 0 Å². The zero-order chi connectivity index (χ0) is 22.7. The maximum Gasteiger partial charge on any atom is 0.446 e. The van der Waals surface area contributed by atoms with E-state index in [1.165, 1.54) is 12.1 Å². The first-order chi connectivity index (χ1) is 15.3. The van der Waals surface area contributed by atoms with E-state index >= 15 is 0 Å². The zero-order valence-corrected chi connectivity index (χ0v) is 18.6. The number of carbonyl (C=O) groups excluding carboxylic acids is 1. The van der Waals surface area contributed by atoms with E-state index in [1.807, 2.05) is 24.3 Å². The Hall–Kier alpha value is -2.38. The Morgan fingerprint density at radius 1 is 1.06 bits per heavy atom. The number of fused-ring (bicyclic) bond motifs is 1. The summed E-state index contributed by atoms with van der Waals surface area (Å²) in [7, 11) is 0. The number of ether oxygens (including phenoxy) is 1. The Labute approximate surface area is 193 Å². The number of rotatable bonds is 6. The van der Waals surface area contributed by atoms with E-state index in [0.717, 1.165) is 31.1 Å². The highest BCUT2D eigenvalue weighted by atomic mass is 35.5. The highest BCUT2D eigenvalue weighted by Crippen LogP contribution is 2.38. The summed E-state index contributed by atoms with van der Waals surface area (Å²) >= 11 is 6.29. The van der Waals surface area contributed by atoms with Crippen molar-refractivity contribution in [2.24, 2.45) is 0 Å². The van der Waals surface area contributed by atoms with E-state index in [2.05, 4.69) is 5.32 Å². The molecule has 0 bridgehead atoms. The Morgan fingerprint density at radius 3 is 2.38 bits per heavy atom. The van der Waals surface area contributed by atoms with Crippen LogP contribution in [0.3, 0.4) is 0 Å². The van der Waals surface area contributed by atoms with Gasteiger partial charge in [-0.15, -0.1) is 0 Å². The zero-order valence-electron chi connectivity index (χ0n) is 17.0. The number of benzene rings is 3. The summed E-state index contributed by atoms with van der Waals surface area (Å²) in [5.74, 6) is 0.172. The molecule has 1 fully saturated rings. The van der Waals surface area contributed by atoms with Crippen LogP contribution in [0.15, 0.2) is 59.5 Å². The van der Waals surface area contributed by atoms with Gasteiger partial charge in [0.25, 0.3) is 5.91 Å². The fourth-order valence-corrected chi connectivity index (χ4v) is 4.72. The topological polar surface area (TPSA) is 38.3 Å². The van der Waals surface area contributed by atoms with Crippen LogP contribution in [0.25, 0.3) is 10.8 Å². The van der Waals surface area contributed by atoms with Gasteiger partial charge in [-0.05, 0) is 48.4 Å². The number of amides is 1. The number of hydrogen-bond acceptors (Lipinski definition) is 3. The molecule has 168 valence electrons. The molecule has 0 saturated heterocycles. The summed E-state index contributed by atoms with van der Waals surface area (Å²) in [6.45, 7) is 0.103. The van der Waals surface area contributed by atoms with Gasteiger partial charge in [-0.25, -0.2) is 0 Å². The smallest absolute Gasteiger partial charge is 0.446 e. The number of halogens is 4. The lowest BCUT2D eigenvalue weighted by molar-refractivity contribution is -0.0328. The van der Waals surface area contributed by atoms with Crippen molar-refractivity contribution in [3.63, 3.8) is 0 Å². The van der Waals surface area contributed by atoms with Crippen LogP contribution >= 0.6 is 23.4 Å². The Bertz CT molecular complexity index is 1110. The van der Waals surface area contributed by atoms with Crippen LogP contribution in [-0.2, 0) is 6.61 Å². The molecule has 3 nitrogen and oxygen atoms in total. The third-order valence-electron chi connectivity index (χ3n) is 5.42. The van der Waals surface area contributed by atoms with Crippen molar-refractivity contribution >= 4 is 40.0 Å². The molecule has 3 aromatic rings. The van der Waals surface area contributed by atoms with Crippen LogP contribution in [-0.4, -0.2) is 17.5 Å². The quantitative estimate of drug-likeness (QED) is 0.375. The SMILES string of the molecule is O=C(NC1CCCC1)c1cc(Cl)c2ccccc2c1OCc1ccc(SC(F)(F)F)cc1. The first-order valence-electron chi connectivity index (χ1n) is 10.3. The molecular weight excluding hydrogens is 459 g/mol. The van der Waals surface area contributed by atoms with Crippen molar-refractivity contribution in [2.75, 3.05) is 0 Å². The van der Waals surface area contributed by atoms with E-state index in [0.29, 0.717) is 27.3 Å². The van der Waals surface area contributed by atoms with Crippen molar-refractivity contribution in [1.82, 2.24) is 5.32 Å². The number of alkyl halides is 3. The standard InChI is InChI=1S/C24H21ClF3NO2S/c25-21-13-20(23(30)29-16-5-1-2-6-16)22(19-8-4-3-7-18(19)21)31-14-15-9-11-17(12-10-15)32-24(26,27)28/h3-4,7-13,16H,1-2,5-6,14H2,(H,29,30). The number of carbonyl (C=O) groups is 1. The highest BCUT2D eigenvalue weighted by molar-refractivity contribution is 8.00. The summed E-state index contributed by atoms with van der Waals surface area (Å²) < 4.78 is 43.7. The van der Waals surface area contributed by atoms with E-state index in [4.69, 9.17) is 16.3 Å². The van der Waals surface area contributed by atoms with Crippen molar-refractivity contribution in [3.05, 3.63) is 70.7 Å². The molecule has 0 unspecified atom stereocenters. The van der Waals surface area contributed by atoms with E-state index in [-0.39, 0.29) is 35.2 Å². The summed E-state index contributed by atoms with van der Waals surface area (Å²) in [4.78, 5) is 13.2. The molecule has 8 heteroatoms. The number of nitrogens with one attached hydrogen (secondary N) is 1. The molecule has 1 aliphatic carbocycles. The number of hydrogen-bond donors (Lipinski definition) is 1. The fourth-order valence-electron chi connectivity index (χ4n) is 3.90. The van der Waals surface area contributed by atoms with Crippen LogP contribution in [0.5, 0.6) is 5.75 Å². The second kappa shape index (κ2) is 9.63. The summed E-state index contributed by atoms with van der Waals surface area (Å²) in [6.07, 6.45) is 4.09. The predicted octanol–water partition coefficient (Wildman–Crippen LogP) is 7.36. The van der Waals surface area contributed by atoms with Gasteiger partial charge in [-0.1, -0.05) is 60.8 Å². The van der Waals surface area contributed by atoms with Gasteiger partial charge in [0.15, 0.2) is 0 Å². The first-order valence-corrected chi connectivity index (χ1v) is 11.5. The Balaban J connectivity index is 1.60. The van der Waals surface area contributed by atoms with Gasteiger partial charge in [0.1, 0.15) is 12.4 Å². The molecular formula is C24H21ClF3NO2S. The molecule has 0 spiro atoms. The van der Waals surface area contributed by atoms with Crippen LogP contribution in [0.1, 0.15) is 41.6 Å². The maximum absolute atomic E-state index is 13.0. The molecule has 0 aliphatic heterocycles. The van der Waals surface area contributed by atoms with Crippen molar-refractivity contribution in [3.8, 4) is 5.75 Å².